The van der Waals surface area contributed by atoms with E-state index in [0.717, 1.165) is 11.8 Å². The summed E-state index contributed by atoms with van der Waals surface area (Å²) >= 11 is 0.749. The molecule has 0 aliphatic rings. The number of amides is 1. The monoisotopic (exact) mass is 293 g/mol. The fourth-order valence-electron chi connectivity index (χ4n) is 1.04. The molecule has 0 aliphatic heterocycles. The predicted octanol–water partition coefficient (Wildman–Crippen LogP) is 0.241. The van der Waals surface area contributed by atoms with Crippen molar-refractivity contribution in [2.45, 2.75) is 23.5 Å². The topological polar surface area (TPSA) is 85.8 Å². The number of nitrogen functional groups attached to an aromatic ring is 1. The number of rotatable bonds is 4. The molecule has 6 nitrogen and oxygen atoms in total. The van der Waals surface area contributed by atoms with Crippen LogP contribution in [0.4, 0.5) is 13.2 Å². The van der Waals surface area contributed by atoms with E-state index < -0.39 is 23.2 Å². The largest absolute Gasteiger partial charge is 0.453 e. The quantitative estimate of drug-likeness (QED) is 0.472. The van der Waals surface area contributed by atoms with Crippen LogP contribution in [0.2, 0.25) is 0 Å². The summed E-state index contributed by atoms with van der Waals surface area (Å²) in [5.74, 6) is 5.67. The average molecular weight is 293 g/mol. The summed E-state index contributed by atoms with van der Waals surface area (Å²) in [6.07, 6.45) is 0.263. The lowest BCUT2D eigenvalue weighted by molar-refractivity contribution is -0.146. The minimum absolute atomic E-state index is 0.0346. The summed E-state index contributed by atoms with van der Waals surface area (Å²) in [6.45, 7) is 1.52. The molecule has 1 heterocycles. The molecule has 1 aromatic rings. The van der Waals surface area contributed by atoms with Crippen LogP contribution >= 0.6 is 11.8 Å². The van der Waals surface area contributed by atoms with E-state index in [9.17, 15) is 18.0 Å². The average Bonchev–Trinajstić information content (AvgIpc) is 2.67. The summed E-state index contributed by atoms with van der Waals surface area (Å²) in [6, 6.07) is 0. The van der Waals surface area contributed by atoms with E-state index in [-0.39, 0.29) is 11.7 Å². The Balaban J connectivity index is 2.76. The highest BCUT2D eigenvalue weighted by atomic mass is 32.2. The number of aromatic nitrogens is 3. The summed E-state index contributed by atoms with van der Waals surface area (Å²) in [5.41, 5.74) is 0. The number of carbonyl (C=O) groups is 1. The van der Waals surface area contributed by atoms with Crippen LogP contribution in [0, 0.1) is 12.3 Å². The number of nitrogens with zero attached hydrogens (tertiary/aromatic N) is 3. The zero-order valence-electron chi connectivity index (χ0n) is 9.73. The maximum absolute atomic E-state index is 12.4. The van der Waals surface area contributed by atoms with Crippen molar-refractivity contribution >= 4 is 17.7 Å². The van der Waals surface area contributed by atoms with E-state index in [1.54, 1.807) is 0 Å². The van der Waals surface area contributed by atoms with Crippen molar-refractivity contribution in [1.82, 2.24) is 20.2 Å². The standard InChI is InChI=1S/C9H10F3N5OS/c1-3-4-14-6(18)5(2)19-8-16-15-7(17(8)13)9(10,11)12/h1,5H,4,13H2,2H3,(H,14,18). The minimum atomic E-state index is -4.70. The fraction of sp³-hybridized carbons (Fsp3) is 0.444. The molecule has 0 spiro atoms. The third-order valence-corrected chi connectivity index (χ3v) is 2.99. The molecule has 1 aromatic heterocycles. The van der Waals surface area contributed by atoms with E-state index in [1.807, 2.05) is 0 Å². The van der Waals surface area contributed by atoms with Crippen LogP contribution in [0.1, 0.15) is 12.7 Å². The second-order valence-corrected chi connectivity index (χ2v) is 4.66. The van der Waals surface area contributed by atoms with Gasteiger partial charge in [0.15, 0.2) is 0 Å². The van der Waals surface area contributed by atoms with Gasteiger partial charge in [-0.25, -0.2) is 4.68 Å². The molecule has 0 aromatic carbocycles. The van der Waals surface area contributed by atoms with Crippen molar-refractivity contribution in [2.75, 3.05) is 12.4 Å². The molecule has 19 heavy (non-hydrogen) atoms. The molecule has 0 radical (unpaired) electrons. The zero-order valence-corrected chi connectivity index (χ0v) is 10.5. The number of nitrogens with one attached hydrogen (secondary N) is 1. The van der Waals surface area contributed by atoms with Crippen LogP contribution in [0.3, 0.4) is 0 Å². The van der Waals surface area contributed by atoms with Crippen molar-refractivity contribution in [2.24, 2.45) is 0 Å². The van der Waals surface area contributed by atoms with Crippen molar-refractivity contribution in [3.05, 3.63) is 5.82 Å². The van der Waals surface area contributed by atoms with Gasteiger partial charge in [-0.3, -0.25) is 4.79 Å². The number of terminal acetylenes is 1. The maximum Gasteiger partial charge on any atom is 0.453 e. The van der Waals surface area contributed by atoms with Crippen molar-refractivity contribution in [3.8, 4) is 12.3 Å². The summed E-state index contributed by atoms with van der Waals surface area (Å²) in [7, 11) is 0. The Morgan fingerprint density at radius 3 is 2.74 bits per heavy atom. The number of halogens is 3. The lowest BCUT2D eigenvalue weighted by Gasteiger charge is -2.10. The van der Waals surface area contributed by atoms with E-state index in [1.165, 1.54) is 6.92 Å². The predicted molar refractivity (Wildman–Crippen MR) is 62.3 cm³/mol. The second kappa shape index (κ2) is 5.83. The Morgan fingerprint density at radius 1 is 1.63 bits per heavy atom. The molecule has 0 saturated heterocycles. The Labute approximate surface area is 110 Å². The van der Waals surface area contributed by atoms with Crippen LogP contribution in [0.25, 0.3) is 0 Å². The van der Waals surface area contributed by atoms with Crippen molar-refractivity contribution in [3.63, 3.8) is 0 Å². The zero-order chi connectivity index (χ0) is 14.6. The van der Waals surface area contributed by atoms with Crippen LogP contribution in [-0.4, -0.2) is 32.6 Å². The Bertz CT molecular complexity index is 507. The SMILES string of the molecule is C#CCNC(=O)C(C)Sc1nnc(C(F)(F)F)n1N. The molecule has 0 bridgehead atoms. The van der Waals surface area contributed by atoms with Gasteiger partial charge in [-0.15, -0.1) is 16.6 Å². The first-order valence-electron chi connectivity index (χ1n) is 4.93. The van der Waals surface area contributed by atoms with Gasteiger partial charge < -0.3 is 11.2 Å². The first-order chi connectivity index (χ1) is 8.77. The highest BCUT2D eigenvalue weighted by molar-refractivity contribution is 8.00. The normalized spacial score (nSPS) is 12.8. The maximum atomic E-state index is 12.4. The molecule has 1 atom stereocenters. The van der Waals surface area contributed by atoms with E-state index in [2.05, 4.69) is 21.4 Å². The molecule has 0 saturated carbocycles. The van der Waals surface area contributed by atoms with Gasteiger partial charge in [0.25, 0.3) is 5.82 Å². The number of hydrogen-bond acceptors (Lipinski definition) is 5. The van der Waals surface area contributed by atoms with E-state index in [4.69, 9.17) is 12.3 Å². The van der Waals surface area contributed by atoms with Crippen molar-refractivity contribution in [1.29, 1.82) is 0 Å². The molecule has 0 aliphatic carbocycles. The highest BCUT2D eigenvalue weighted by Gasteiger charge is 2.38. The number of carbonyl (C=O) groups excluding carboxylic acids is 1. The lowest BCUT2D eigenvalue weighted by atomic mass is 10.4. The molecule has 3 N–H and O–H groups in total. The van der Waals surface area contributed by atoms with Crippen LogP contribution < -0.4 is 11.2 Å². The summed E-state index contributed by atoms with van der Waals surface area (Å²) in [4.78, 5) is 11.5. The van der Waals surface area contributed by atoms with Gasteiger partial charge in [-0.1, -0.05) is 17.7 Å². The summed E-state index contributed by atoms with van der Waals surface area (Å²) in [5, 5.41) is 7.71. The van der Waals surface area contributed by atoms with Gasteiger partial charge in [0.1, 0.15) is 0 Å². The Kier molecular flexibility index (Phi) is 4.66. The third kappa shape index (κ3) is 3.78. The van der Waals surface area contributed by atoms with Gasteiger partial charge in [0.2, 0.25) is 11.1 Å². The number of nitrogens with two attached hydrogens (primary N) is 1. The van der Waals surface area contributed by atoms with Gasteiger partial charge in [0, 0.05) is 0 Å². The van der Waals surface area contributed by atoms with Crippen LogP contribution in [0.5, 0.6) is 0 Å². The summed E-state index contributed by atoms with van der Waals surface area (Å²) < 4.78 is 37.5. The molecule has 104 valence electrons. The van der Waals surface area contributed by atoms with Gasteiger partial charge in [-0.2, -0.15) is 13.2 Å². The molecule has 0 fully saturated rings. The van der Waals surface area contributed by atoms with Crippen LogP contribution in [-0.2, 0) is 11.0 Å². The molecule has 1 rings (SSSR count). The minimum Gasteiger partial charge on any atom is -0.344 e. The molecule has 1 amide bonds. The fourth-order valence-corrected chi connectivity index (χ4v) is 1.84. The number of alkyl halides is 3. The third-order valence-electron chi connectivity index (χ3n) is 1.93. The van der Waals surface area contributed by atoms with E-state index >= 15 is 0 Å². The first-order valence-corrected chi connectivity index (χ1v) is 5.80. The number of thioether (sulfide) groups is 1. The van der Waals surface area contributed by atoms with Gasteiger partial charge in [0.05, 0.1) is 11.8 Å². The van der Waals surface area contributed by atoms with Gasteiger partial charge in [-0.05, 0) is 6.92 Å². The second-order valence-electron chi connectivity index (χ2n) is 3.36. The van der Waals surface area contributed by atoms with E-state index in [0.29, 0.717) is 4.68 Å². The molecular weight excluding hydrogens is 283 g/mol. The Hall–Kier alpha value is -1.89. The van der Waals surface area contributed by atoms with Gasteiger partial charge >= 0.3 is 6.18 Å². The Morgan fingerprint density at radius 2 is 2.26 bits per heavy atom. The highest BCUT2D eigenvalue weighted by Crippen LogP contribution is 2.29. The molecule has 10 heteroatoms. The van der Waals surface area contributed by atoms with Crippen molar-refractivity contribution < 1.29 is 18.0 Å². The van der Waals surface area contributed by atoms with Crippen LogP contribution in [0.15, 0.2) is 5.16 Å². The molecular formula is C9H10F3N5OS. The molecule has 1 unspecified atom stereocenters. The first kappa shape index (κ1) is 15.2. The number of hydrogen-bond donors (Lipinski definition) is 2. The smallest absolute Gasteiger partial charge is 0.344 e. The lowest BCUT2D eigenvalue weighted by Crippen LogP contribution is -2.31.